The lowest BCUT2D eigenvalue weighted by atomic mass is 9.96. The van der Waals surface area contributed by atoms with Crippen LogP contribution in [0.1, 0.15) is 12.1 Å². The fraction of sp³-hybridized carbons (Fsp3) is 0.500. The van der Waals surface area contributed by atoms with Crippen molar-refractivity contribution < 1.29 is 19.1 Å². The van der Waals surface area contributed by atoms with E-state index in [2.05, 4.69) is 9.72 Å². The number of hydrogen-bond acceptors (Lipinski definition) is 6. The average Bonchev–Trinajstić information content (AvgIpc) is 2.91. The zero-order valence-electron chi connectivity index (χ0n) is 10.5. The summed E-state index contributed by atoms with van der Waals surface area (Å²) in [6, 6.07) is 0. The van der Waals surface area contributed by atoms with Gasteiger partial charge in [-0.3, -0.25) is 14.4 Å². The van der Waals surface area contributed by atoms with Crippen LogP contribution in [-0.4, -0.2) is 47.7 Å². The molecule has 1 aliphatic rings. The van der Waals surface area contributed by atoms with E-state index >= 15 is 0 Å². The molecule has 0 saturated carbocycles. The molecule has 6 nitrogen and oxygen atoms in total. The Morgan fingerprint density at radius 1 is 1.58 bits per heavy atom. The first-order chi connectivity index (χ1) is 9.11. The molecule has 0 bridgehead atoms. The Bertz CT molecular complexity index is 478. The maximum atomic E-state index is 12.1. The number of ketones is 1. The molecule has 2 heterocycles. The first-order valence-corrected chi connectivity index (χ1v) is 6.81. The Balaban J connectivity index is 1.99. The highest BCUT2D eigenvalue weighted by molar-refractivity contribution is 7.07. The van der Waals surface area contributed by atoms with Crippen LogP contribution < -0.4 is 0 Å². The van der Waals surface area contributed by atoms with E-state index in [1.54, 1.807) is 5.51 Å². The molecule has 1 aromatic heterocycles. The topological polar surface area (TPSA) is 76.6 Å². The molecule has 102 valence electrons. The minimum absolute atomic E-state index is 0.106. The lowest BCUT2D eigenvalue weighted by molar-refractivity contribution is -0.153. The Morgan fingerprint density at radius 2 is 2.37 bits per heavy atom. The van der Waals surface area contributed by atoms with E-state index in [4.69, 9.17) is 0 Å². The van der Waals surface area contributed by atoms with Crippen molar-refractivity contribution in [2.75, 3.05) is 20.2 Å². The molecule has 7 heteroatoms. The summed E-state index contributed by atoms with van der Waals surface area (Å²) in [6.45, 7) is 0.462. The Hall–Kier alpha value is -1.76. The first-order valence-electron chi connectivity index (χ1n) is 5.87. The van der Waals surface area contributed by atoms with Gasteiger partial charge in [-0.05, 0) is 0 Å². The summed E-state index contributed by atoms with van der Waals surface area (Å²) in [6.07, 6.45) is 0.397. The van der Waals surface area contributed by atoms with Crippen LogP contribution in [0.4, 0.5) is 0 Å². The third-order valence-electron chi connectivity index (χ3n) is 3.07. The second-order valence-corrected chi connectivity index (χ2v) is 5.01. The standard InChI is InChI=1S/C12H14N2O4S/c1-18-12(17)9-5-14(3-2-10(9)15)11(16)4-8-6-19-7-13-8/h6-7,9H,2-5H2,1H3. The molecule has 1 aliphatic heterocycles. The van der Waals surface area contributed by atoms with Crippen LogP contribution in [0.3, 0.4) is 0 Å². The Kier molecular flexibility index (Phi) is 4.26. The molecular weight excluding hydrogens is 268 g/mol. The molecule has 1 unspecified atom stereocenters. The summed E-state index contributed by atoms with van der Waals surface area (Å²) in [5, 5.41) is 1.81. The molecule has 1 fully saturated rings. The van der Waals surface area contributed by atoms with Crippen molar-refractivity contribution in [2.45, 2.75) is 12.8 Å². The molecule has 0 radical (unpaired) electrons. The number of esters is 1. The number of ether oxygens (including phenoxy) is 1. The van der Waals surface area contributed by atoms with Crippen LogP contribution in [0.25, 0.3) is 0 Å². The number of likely N-dealkylation sites (tertiary alicyclic amines) is 1. The maximum Gasteiger partial charge on any atom is 0.318 e. The summed E-state index contributed by atoms with van der Waals surface area (Å²) in [4.78, 5) is 40.7. The molecule has 0 N–H and O–H groups in total. The van der Waals surface area contributed by atoms with Crippen molar-refractivity contribution in [3.63, 3.8) is 0 Å². The number of nitrogens with zero attached hydrogens (tertiary/aromatic N) is 2. The predicted octanol–water partition coefficient (Wildman–Crippen LogP) is 0.276. The van der Waals surface area contributed by atoms with E-state index in [0.29, 0.717) is 12.2 Å². The van der Waals surface area contributed by atoms with Crippen molar-refractivity contribution in [3.05, 3.63) is 16.6 Å². The summed E-state index contributed by atoms with van der Waals surface area (Å²) >= 11 is 1.43. The maximum absolute atomic E-state index is 12.1. The van der Waals surface area contributed by atoms with Crippen LogP contribution >= 0.6 is 11.3 Å². The van der Waals surface area contributed by atoms with Gasteiger partial charge in [0.2, 0.25) is 5.91 Å². The van der Waals surface area contributed by atoms with Crippen molar-refractivity contribution >= 4 is 29.0 Å². The van der Waals surface area contributed by atoms with Crippen LogP contribution in [0.15, 0.2) is 10.9 Å². The van der Waals surface area contributed by atoms with Gasteiger partial charge in [0.15, 0.2) is 5.78 Å². The number of piperidine rings is 1. The summed E-state index contributed by atoms with van der Waals surface area (Å²) in [5.41, 5.74) is 2.38. The number of Topliss-reactive ketones (excluding diaryl/α,β-unsaturated/α-hetero) is 1. The van der Waals surface area contributed by atoms with Gasteiger partial charge >= 0.3 is 5.97 Å². The molecule has 0 spiro atoms. The van der Waals surface area contributed by atoms with Crippen molar-refractivity contribution in [1.82, 2.24) is 9.88 Å². The number of amides is 1. The second kappa shape index (κ2) is 5.92. The van der Waals surface area contributed by atoms with E-state index in [-0.39, 0.29) is 31.1 Å². The summed E-state index contributed by atoms with van der Waals surface area (Å²) < 4.78 is 4.59. The molecule has 0 aromatic carbocycles. The lowest BCUT2D eigenvalue weighted by Crippen LogP contribution is -2.47. The number of carbonyl (C=O) groups is 3. The van der Waals surface area contributed by atoms with Gasteiger partial charge in [0, 0.05) is 24.9 Å². The number of rotatable bonds is 3. The number of thiazole rings is 1. The monoisotopic (exact) mass is 282 g/mol. The molecule has 1 aromatic rings. The van der Waals surface area contributed by atoms with Crippen LogP contribution in [-0.2, 0) is 25.5 Å². The van der Waals surface area contributed by atoms with Gasteiger partial charge < -0.3 is 9.64 Å². The number of aromatic nitrogens is 1. The largest absolute Gasteiger partial charge is 0.468 e. The van der Waals surface area contributed by atoms with Crippen LogP contribution in [0.5, 0.6) is 0 Å². The van der Waals surface area contributed by atoms with Gasteiger partial charge in [0.05, 0.1) is 24.7 Å². The lowest BCUT2D eigenvalue weighted by Gasteiger charge is -2.30. The Labute approximate surface area is 114 Å². The van der Waals surface area contributed by atoms with Gasteiger partial charge in [-0.25, -0.2) is 4.98 Å². The van der Waals surface area contributed by atoms with E-state index in [9.17, 15) is 14.4 Å². The molecule has 1 atom stereocenters. The van der Waals surface area contributed by atoms with Crippen LogP contribution in [0.2, 0.25) is 0 Å². The number of hydrogen-bond donors (Lipinski definition) is 0. The minimum atomic E-state index is -0.849. The number of carbonyl (C=O) groups excluding carboxylic acids is 3. The average molecular weight is 282 g/mol. The van der Waals surface area contributed by atoms with Gasteiger partial charge in [0.25, 0.3) is 0 Å². The molecule has 19 heavy (non-hydrogen) atoms. The van der Waals surface area contributed by atoms with Crippen LogP contribution in [0, 0.1) is 5.92 Å². The Morgan fingerprint density at radius 3 is 3.00 bits per heavy atom. The van der Waals surface area contributed by atoms with E-state index in [1.165, 1.54) is 23.3 Å². The highest BCUT2D eigenvalue weighted by Crippen LogP contribution is 2.16. The van der Waals surface area contributed by atoms with Crippen molar-refractivity contribution in [2.24, 2.45) is 5.92 Å². The fourth-order valence-corrected chi connectivity index (χ4v) is 2.56. The zero-order valence-corrected chi connectivity index (χ0v) is 11.3. The quantitative estimate of drug-likeness (QED) is 0.588. The normalized spacial score (nSPS) is 19.3. The van der Waals surface area contributed by atoms with Gasteiger partial charge in [-0.2, -0.15) is 0 Å². The van der Waals surface area contributed by atoms with Gasteiger partial charge in [0.1, 0.15) is 5.92 Å². The highest BCUT2D eigenvalue weighted by atomic mass is 32.1. The second-order valence-electron chi connectivity index (χ2n) is 4.29. The minimum Gasteiger partial charge on any atom is -0.468 e. The highest BCUT2D eigenvalue weighted by Gasteiger charge is 2.35. The molecule has 0 aliphatic carbocycles. The fourth-order valence-electron chi connectivity index (χ4n) is 2.00. The smallest absolute Gasteiger partial charge is 0.318 e. The first kappa shape index (κ1) is 13.7. The van der Waals surface area contributed by atoms with Gasteiger partial charge in [-0.1, -0.05) is 0 Å². The van der Waals surface area contributed by atoms with Crippen molar-refractivity contribution in [1.29, 1.82) is 0 Å². The zero-order chi connectivity index (χ0) is 13.8. The van der Waals surface area contributed by atoms with E-state index < -0.39 is 11.9 Å². The SMILES string of the molecule is COC(=O)C1CN(C(=O)Cc2cscn2)CCC1=O. The number of methoxy groups -OCH3 is 1. The van der Waals surface area contributed by atoms with Gasteiger partial charge in [-0.15, -0.1) is 11.3 Å². The molecular formula is C12H14N2O4S. The summed E-state index contributed by atoms with van der Waals surface area (Å²) in [7, 11) is 1.24. The van der Waals surface area contributed by atoms with E-state index in [0.717, 1.165) is 0 Å². The van der Waals surface area contributed by atoms with E-state index in [1.807, 2.05) is 5.38 Å². The molecule has 1 saturated heterocycles. The predicted molar refractivity (Wildman–Crippen MR) is 67.5 cm³/mol. The van der Waals surface area contributed by atoms with Crippen molar-refractivity contribution in [3.8, 4) is 0 Å². The molecule has 1 amide bonds. The third-order valence-corrected chi connectivity index (χ3v) is 3.71. The molecule has 2 rings (SSSR count). The third kappa shape index (κ3) is 3.17. The summed E-state index contributed by atoms with van der Waals surface area (Å²) in [5.74, 6) is -1.70.